The second-order valence-electron chi connectivity index (χ2n) is 6.40. The van der Waals surface area contributed by atoms with Crippen molar-refractivity contribution in [1.29, 1.82) is 0 Å². The molecular formula is C21H26N2O3. The van der Waals surface area contributed by atoms with E-state index in [1.54, 1.807) is 7.11 Å². The molecule has 3 rings (SSSR count). The maximum absolute atomic E-state index is 12.0. The van der Waals surface area contributed by atoms with Gasteiger partial charge in [0.1, 0.15) is 19.0 Å². The highest BCUT2D eigenvalue weighted by Crippen LogP contribution is 2.24. The largest absolute Gasteiger partial charge is 0.492 e. The van der Waals surface area contributed by atoms with E-state index < -0.39 is 0 Å². The fourth-order valence-corrected chi connectivity index (χ4v) is 3.28. The molecule has 1 saturated heterocycles. The van der Waals surface area contributed by atoms with Crippen LogP contribution in [0, 0.1) is 0 Å². The molecule has 2 aromatic rings. The summed E-state index contributed by atoms with van der Waals surface area (Å²) in [6, 6.07) is 20.5. The molecule has 0 saturated carbocycles. The summed E-state index contributed by atoms with van der Waals surface area (Å²) < 4.78 is 11.0. The topological polar surface area (TPSA) is 42.0 Å². The van der Waals surface area contributed by atoms with Gasteiger partial charge in [-0.15, -0.1) is 0 Å². The third-order valence-corrected chi connectivity index (χ3v) is 4.71. The van der Waals surface area contributed by atoms with Gasteiger partial charge < -0.3 is 14.4 Å². The first-order chi connectivity index (χ1) is 12.8. The van der Waals surface area contributed by atoms with Gasteiger partial charge in [-0.2, -0.15) is 0 Å². The maximum Gasteiger partial charge on any atom is 0.248 e. The Bertz CT molecular complexity index is 670. The van der Waals surface area contributed by atoms with E-state index in [-0.39, 0.29) is 18.6 Å². The number of hydrogen-bond acceptors (Lipinski definition) is 4. The van der Waals surface area contributed by atoms with E-state index in [0.717, 1.165) is 31.9 Å². The van der Waals surface area contributed by atoms with Crippen LogP contribution >= 0.6 is 0 Å². The van der Waals surface area contributed by atoms with Gasteiger partial charge in [-0.05, 0) is 17.7 Å². The van der Waals surface area contributed by atoms with E-state index in [4.69, 9.17) is 9.47 Å². The lowest BCUT2D eigenvalue weighted by Crippen LogP contribution is -2.51. The Labute approximate surface area is 155 Å². The number of methoxy groups -OCH3 is 1. The average Bonchev–Trinajstić information content (AvgIpc) is 2.70. The molecule has 1 unspecified atom stereocenters. The molecule has 138 valence electrons. The van der Waals surface area contributed by atoms with E-state index in [1.165, 1.54) is 5.56 Å². The summed E-state index contributed by atoms with van der Waals surface area (Å²) in [6.07, 6.45) is 0. The summed E-state index contributed by atoms with van der Waals surface area (Å²) in [6.45, 7) is 3.83. The number of carbonyl (C=O) groups excluding carboxylic acids is 1. The van der Waals surface area contributed by atoms with Crippen LogP contribution in [0.25, 0.3) is 0 Å². The number of nitrogens with zero attached hydrogens (tertiary/aromatic N) is 2. The number of carbonyl (C=O) groups is 1. The van der Waals surface area contributed by atoms with Crippen molar-refractivity contribution < 1.29 is 14.3 Å². The van der Waals surface area contributed by atoms with Crippen molar-refractivity contribution in [2.75, 3.05) is 46.5 Å². The third-order valence-electron chi connectivity index (χ3n) is 4.71. The van der Waals surface area contributed by atoms with E-state index >= 15 is 0 Å². The normalized spacial score (nSPS) is 16.3. The first kappa shape index (κ1) is 18.4. The van der Waals surface area contributed by atoms with Gasteiger partial charge in [0.15, 0.2) is 0 Å². The molecule has 1 heterocycles. The van der Waals surface area contributed by atoms with Gasteiger partial charge in [-0.3, -0.25) is 9.69 Å². The summed E-state index contributed by atoms with van der Waals surface area (Å²) in [4.78, 5) is 16.3. The molecule has 0 radical (unpaired) electrons. The molecular weight excluding hydrogens is 328 g/mol. The Morgan fingerprint density at radius 3 is 2.19 bits per heavy atom. The first-order valence-corrected chi connectivity index (χ1v) is 9.01. The molecule has 1 aliphatic heterocycles. The lowest BCUT2D eigenvalue weighted by molar-refractivity contribution is -0.137. The number of amides is 1. The molecule has 0 N–H and O–H groups in total. The highest BCUT2D eigenvalue weighted by Gasteiger charge is 2.27. The minimum absolute atomic E-state index is 0.0592. The number of benzene rings is 2. The van der Waals surface area contributed by atoms with E-state index in [9.17, 15) is 4.79 Å². The highest BCUT2D eigenvalue weighted by molar-refractivity contribution is 5.77. The molecule has 1 aliphatic rings. The summed E-state index contributed by atoms with van der Waals surface area (Å²) in [7, 11) is 1.56. The zero-order valence-corrected chi connectivity index (χ0v) is 15.2. The van der Waals surface area contributed by atoms with Crippen LogP contribution in [0.15, 0.2) is 60.7 Å². The Hall–Kier alpha value is -2.37. The maximum atomic E-state index is 12.0. The van der Waals surface area contributed by atoms with Crippen LogP contribution in [0.1, 0.15) is 11.6 Å². The molecule has 0 aliphatic carbocycles. The number of para-hydroxylation sites is 1. The quantitative estimate of drug-likeness (QED) is 0.766. The Morgan fingerprint density at radius 1 is 0.962 bits per heavy atom. The van der Waals surface area contributed by atoms with Crippen LogP contribution in [0.3, 0.4) is 0 Å². The molecule has 0 aromatic heterocycles. The van der Waals surface area contributed by atoms with Crippen molar-refractivity contribution in [3.05, 3.63) is 66.2 Å². The van der Waals surface area contributed by atoms with Gasteiger partial charge in [-0.1, -0.05) is 48.5 Å². The van der Waals surface area contributed by atoms with Gasteiger partial charge in [0, 0.05) is 33.3 Å². The summed E-state index contributed by atoms with van der Waals surface area (Å²) in [5.74, 6) is 0.936. The minimum Gasteiger partial charge on any atom is -0.492 e. The van der Waals surface area contributed by atoms with Gasteiger partial charge in [0.2, 0.25) is 5.91 Å². The second-order valence-corrected chi connectivity index (χ2v) is 6.40. The lowest BCUT2D eigenvalue weighted by atomic mass is 10.0. The number of rotatable bonds is 7. The fourth-order valence-electron chi connectivity index (χ4n) is 3.28. The van der Waals surface area contributed by atoms with Crippen molar-refractivity contribution in [3.8, 4) is 5.75 Å². The SMILES string of the molecule is COCC(=O)N1CCN(C(COc2ccccc2)c2ccccc2)CC1. The van der Waals surface area contributed by atoms with E-state index in [2.05, 4.69) is 29.2 Å². The van der Waals surface area contributed by atoms with Crippen molar-refractivity contribution >= 4 is 5.91 Å². The number of ether oxygens (including phenoxy) is 2. The van der Waals surface area contributed by atoms with E-state index in [0.29, 0.717) is 6.61 Å². The molecule has 0 bridgehead atoms. The summed E-state index contributed by atoms with van der Waals surface area (Å²) in [5, 5.41) is 0. The minimum atomic E-state index is 0.0592. The monoisotopic (exact) mass is 354 g/mol. The third kappa shape index (κ3) is 4.84. The molecule has 1 fully saturated rings. The van der Waals surface area contributed by atoms with E-state index in [1.807, 2.05) is 41.3 Å². The molecule has 0 spiro atoms. The van der Waals surface area contributed by atoms with Gasteiger partial charge in [0.05, 0.1) is 6.04 Å². The van der Waals surface area contributed by atoms with Gasteiger partial charge in [-0.25, -0.2) is 0 Å². The van der Waals surface area contributed by atoms with Crippen molar-refractivity contribution in [3.63, 3.8) is 0 Å². The van der Waals surface area contributed by atoms with Gasteiger partial charge >= 0.3 is 0 Å². The Kier molecular flexibility index (Phi) is 6.63. The van der Waals surface area contributed by atoms with Gasteiger partial charge in [0.25, 0.3) is 0 Å². The lowest BCUT2D eigenvalue weighted by Gasteiger charge is -2.39. The van der Waals surface area contributed by atoms with Crippen LogP contribution in [-0.2, 0) is 9.53 Å². The molecule has 1 atom stereocenters. The van der Waals surface area contributed by atoms with Crippen LogP contribution in [0.5, 0.6) is 5.75 Å². The standard InChI is InChI=1S/C21H26N2O3/c1-25-17-21(24)23-14-12-22(13-15-23)20(18-8-4-2-5-9-18)16-26-19-10-6-3-7-11-19/h2-11,20H,12-17H2,1H3. The van der Waals surface area contributed by atoms with Crippen LogP contribution in [0.4, 0.5) is 0 Å². The molecule has 5 heteroatoms. The second kappa shape index (κ2) is 9.36. The van der Waals surface area contributed by atoms with Crippen LogP contribution < -0.4 is 4.74 Å². The fraction of sp³-hybridized carbons (Fsp3) is 0.381. The smallest absolute Gasteiger partial charge is 0.248 e. The predicted molar refractivity (Wildman–Crippen MR) is 101 cm³/mol. The van der Waals surface area contributed by atoms with Crippen LogP contribution in [-0.4, -0.2) is 62.2 Å². The van der Waals surface area contributed by atoms with Crippen molar-refractivity contribution in [2.45, 2.75) is 6.04 Å². The highest BCUT2D eigenvalue weighted by atomic mass is 16.5. The first-order valence-electron chi connectivity index (χ1n) is 9.01. The molecule has 26 heavy (non-hydrogen) atoms. The summed E-state index contributed by atoms with van der Waals surface area (Å²) in [5.41, 5.74) is 1.24. The molecule has 5 nitrogen and oxygen atoms in total. The number of piperazine rings is 1. The molecule has 1 amide bonds. The summed E-state index contributed by atoms with van der Waals surface area (Å²) >= 11 is 0. The van der Waals surface area contributed by atoms with Crippen molar-refractivity contribution in [2.24, 2.45) is 0 Å². The van der Waals surface area contributed by atoms with Crippen LogP contribution in [0.2, 0.25) is 0 Å². The number of hydrogen-bond donors (Lipinski definition) is 0. The average molecular weight is 354 g/mol. The zero-order chi connectivity index (χ0) is 18.2. The predicted octanol–water partition coefficient (Wildman–Crippen LogP) is 2.60. The molecule has 2 aromatic carbocycles. The zero-order valence-electron chi connectivity index (χ0n) is 15.2. The Balaban J connectivity index is 1.65. The Morgan fingerprint density at radius 2 is 1.58 bits per heavy atom. The van der Waals surface area contributed by atoms with Crippen molar-refractivity contribution in [1.82, 2.24) is 9.80 Å².